The molecule has 4 rings (SSSR count). The maximum Gasteiger partial charge on any atom is 0.335 e. The van der Waals surface area contributed by atoms with Crippen molar-refractivity contribution in [3.05, 3.63) is 99.1 Å². The molecule has 12 heteroatoms. The molecule has 0 saturated carbocycles. The number of carbonyl (C=O) groups is 3. The zero-order valence-electron chi connectivity index (χ0n) is 19.7. The summed E-state index contributed by atoms with van der Waals surface area (Å²) in [6.07, 6.45) is 1.35. The second-order valence-corrected chi connectivity index (χ2v) is 8.33. The highest BCUT2D eigenvalue weighted by atomic mass is 32.1. The number of nitro benzene ring substituents is 1. The molecule has 1 saturated heterocycles. The molecule has 3 aromatic carbocycles. The number of carboxylic acids is 1. The molecule has 1 aliphatic heterocycles. The van der Waals surface area contributed by atoms with Gasteiger partial charge in [-0.1, -0.05) is 24.3 Å². The minimum atomic E-state index is -1.18. The lowest BCUT2D eigenvalue weighted by Gasteiger charge is -2.29. The van der Waals surface area contributed by atoms with Crippen LogP contribution in [-0.2, 0) is 16.2 Å². The standard InChI is InChI=1S/C26H19N3O8S/c1-36-22-12-15(8-9-21(22)37-14-16-4-2-7-19(10-16)29(34)35)11-20-23(30)27-26(38)28(24(20)31)18-6-3-5-17(13-18)25(32)33/h2-13H,14H2,1H3,(H,32,33)(H,27,30,38). The Bertz CT molecular complexity index is 1520. The van der Waals surface area contributed by atoms with Crippen molar-refractivity contribution in [3.8, 4) is 11.5 Å². The van der Waals surface area contributed by atoms with E-state index in [4.69, 9.17) is 21.7 Å². The summed E-state index contributed by atoms with van der Waals surface area (Å²) in [6.45, 7) is 0.0428. The van der Waals surface area contributed by atoms with Crippen LogP contribution in [0.2, 0.25) is 0 Å². The zero-order valence-corrected chi connectivity index (χ0v) is 20.6. The van der Waals surface area contributed by atoms with Crippen LogP contribution in [0, 0.1) is 10.1 Å². The van der Waals surface area contributed by atoms with Crippen LogP contribution < -0.4 is 19.7 Å². The molecule has 0 atom stereocenters. The van der Waals surface area contributed by atoms with Crippen LogP contribution in [0.1, 0.15) is 21.5 Å². The highest BCUT2D eigenvalue weighted by molar-refractivity contribution is 7.80. The van der Waals surface area contributed by atoms with Gasteiger partial charge in [-0.2, -0.15) is 0 Å². The first kappa shape index (κ1) is 26.0. The molecule has 192 valence electrons. The maximum atomic E-state index is 13.2. The number of ether oxygens (including phenoxy) is 2. The van der Waals surface area contributed by atoms with Gasteiger partial charge in [-0.15, -0.1) is 0 Å². The van der Waals surface area contributed by atoms with Crippen LogP contribution in [0.15, 0.2) is 72.3 Å². The molecule has 0 bridgehead atoms. The van der Waals surface area contributed by atoms with Crippen molar-refractivity contribution >= 4 is 52.6 Å². The van der Waals surface area contributed by atoms with Gasteiger partial charge in [-0.25, -0.2) is 4.79 Å². The van der Waals surface area contributed by atoms with Crippen molar-refractivity contribution in [2.75, 3.05) is 12.0 Å². The average molecular weight is 534 g/mol. The van der Waals surface area contributed by atoms with Crippen LogP contribution >= 0.6 is 12.2 Å². The summed E-state index contributed by atoms with van der Waals surface area (Å²) in [4.78, 5) is 48.7. The van der Waals surface area contributed by atoms with E-state index in [-0.39, 0.29) is 34.2 Å². The molecule has 0 aromatic heterocycles. The second kappa shape index (κ2) is 10.9. The van der Waals surface area contributed by atoms with Crippen molar-refractivity contribution in [1.29, 1.82) is 0 Å². The highest BCUT2D eigenvalue weighted by Crippen LogP contribution is 2.31. The lowest BCUT2D eigenvalue weighted by atomic mass is 10.1. The van der Waals surface area contributed by atoms with E-state index in [0.29, 0.717) is 22.6 Å². The predicted molar refractivity (Wildman–Crippen MR) is 140 cm³/mol. The number of nitro groups is 1. The van der Waals surface area contributed by atoms with Crippen LogP contribution in [0.3, 0.4) is 0 Å². The number of carboxylic acid groups (broad SMARTS) is 1. The van der Waals surface area contributed by atoms with Gasteiger partial charge in [-0.05, 0) is 59.8 Å². The molecule has 11 nitrogen and oxygen atoms in total. The highest BCUT2D eigenvalue weighted by Gasteiger charge is 2.34. The van der Waals surface area contributed by atoms with E-state index in [1.54, 1.807) is 30.3 Å². The van der Waals surface area contributed by atoms with E-state index >= 15 is 0 Å². The molecule has 1 fully saturated rings. The third-order valence-corrected chi connectivity index (χ3v) is 5.75. The van der Waals surface area contributed by atoms with E-state index in [1.807, 2.05) is 0 Å². The van der Waals surface area contributed by atoms with E-state index in [9.17, 15) is 29.6 Å². The molecule has 0 unspecified atom stereocenters. The summed E-state index contributed by atoms with van der Waals surface area (Å²) in [5, 5.41) is 22.5. The zero-order chi connectivity index (χ0) is 27.4. The molecule has 2 N–H and O–H groups in total. The average Bonchev–Trinajstić information content (AvgIpc) is 2.90. The Labute approximate surface area is 221 Å². The first-order valence-electron chi connectivity index (χ1n) is 11.0. The molecule has 38 heavy (non-hydrogen) atoms. The minimum absolute atomic E-state index is 0.0428. The third-order valence-electron chi connectivity index (χ3n) is 5.47. The SMILES string of the molecule is COc1cc(C=C2C(=O)NC(=S)N(c3cccc(C(=O)O)c3)C2=O)ccc1OCc1cccc([N+](=O)[O-])c1. The van der Waals surface area contributed by atoms with Gasteiger partial charge in [0.15, 0.2) is 16.6 Å². The number of hydrogen-bond donors (Lipinski definition) is 2. The molecule has 0 aliphatic carbocycles. The fourth-order valence-corrected chi connectivity index (χ4v) is 3.93. The fraction of sp³-hybridized carbons (Fsp3) is 0.0769. The number of rotatable bonds is 8. The van der Waals surface area contributed by atoms with Crippen molar-refractivity contribution in [1.82, 2.24) is 5.32 Å². The van der Waals surface area contributed by atoms with Gasteiger partial charge in [0.2, 0.25) is 0 Å². The van der Waals surface area contributed by atoms with E-state index in [2.05, 4.69) is 5.32 Å². The number of carbonyl (C=O) groups excluding carboxylic acids is 2. The fourth-order valence-electron chi connectivity index (χ4n) is 3.65. The Hall–Kier alpha value is -5.10. The number of nitrogens with zero attached hydrogens (tertiary/aromatic N) is 2. The van der Waals surface area contributed by atoms with Crippen LogP contribution in [0.25, 0.3) is 6.08 Å². The van der Waals surface area contributed by atoms with Crippen molar-refractivity contribution in [2.45, 2.75) is 6.61 Å². The monoisotopic (exact) mass is 533 g/mol. The number of hydrogen-bond acceptors (Lipinski definition) is 8. The summed E-state index contributed by atoms with van der Waals surface area (Å²) >= 11 is 5.16. The van der Waals surface area contributed by atoms with E-state index in [1.165, 1.54) is 49.6 Å². The number of nitrogens with one attached hydrogen (secondary N) is 1. The number of aromatic carboxylic acids is 1. The number of anilines is 1. The first-order chi connectivity index (χ1) is 18.2. The Morgan fingerprint density at radius 2 is 1.87 bits per heavy atom. The lowest BCUT2D eigenvalue weighted by molar-refractivity contribution is -0.384. The molecule has 0 spiro atoms. The number of methoxy groups -OCH3 is 1. The number of thiocarbonyl (C=S) groups is 1. The Morgan fingerprint density at radius 3 is 2.58 bits per heavy atom. The Balaban J connectivity index is 1.59. The van der Waals surface area contributed by atoms with Gasteiger partial charge >= 0.3 is 5.97 Å². The maximum absolute atomic E-state index is 13.2. The second-order valence-electron chi connectivity index (χ2n) is 7.94. The van der Waals surface area contributed by atoms with Crippen molar-refractivity contribution in [3.63, 3.8) is 0 Å². The van der Waals surface area contributed by atoms with Crippen LogP contribution in [0.4, 0.5) is 11.4 Å². The lowest BCUT2D eigenvalue weighted by Crippen LogP contribution is -2.54. The molecule has 1 aliphatic rings. The molecule has 1 heterocycles. The van der Waals surface area contributed by atoms with E-state index < -0.39 is 22.7 Å². The number of non-ortho nitro benzene ring substituents is 1. The summed E-state index contributed by atoms with van der Waals surface area (Å²) in [5.74, 6) is -1.98. The number of benzene rings is 3. The molecular formula is C26H19N3O8S. The van der Waals surface area contributed by atoms with Gasteiger partial charge in [0.05, 0.1) is 23.3 Å². The largest absolute Gasteiger partial charge is 0.493 e. The number of amides is 2. The summed E-state index contributed by atoms with van der Waals surface area (Å²) in [7, 11) is 1.42. The van der Waals surface area contributed by atoms with Gasteiger partial charge < -0.3 is 14.6 Å². The van der Waals surface area contributed by atoms with E-state index in [0.717, 1.165) is 4.90 Å². The van der Waals surface area contributed by atoms with Crippen LogP contribution in [-0.4, -0.2) is 40.0 Å². The third kappa shape index (κ3) is 5.50. The van der Waals surface area contributed by atoms with Crippen molar-refractivity contribution < 1.29 is 33.9 Å². The smallest absolute Gasteiger partial charge is 0.335 e. The van der Waals surface area contributed by atoms with Gasteiger partial charge in [-0.3, -0.25) is 29.9 Å². The Kier molecular flexibility index (Phi) is 7.44. The summed E-state index contributed by atoms with van der Waals surface area (Å²) in [5.41, 5.74) is 0.875. The molecule has 3 aromatic rings. The first-order valence-corrected chi connectivity index (χ1v) is 11.4. The molecule has 0 radical (unpaired) electrons. The van der Waals surface area contributed by atoms with Crippen LogP contribution in [0.5, 0.6) is 11.5 Å². The Morgan fingerprint density at radius 1 is 1.11 bits per heavy atom. The summed E-state index contributed by atoms with van der Waals surface area (Å²) < 4.78 is 11.2. The molecule has 2 amide bonds. The minimum Gasteiger partial charge on any atom is -0.493 e. The predicted octanol–water partition coefficient (Wildman–Crippen LogP) is 3.71. The van der Waals surface area contributed by atoms with Gasteiger partial charge in [0.25, 0.3) is 17.5 Å². The molecular weight excluding hydrogens is 514 g/mol. The van der Waals surface area contributed by atoms with Gasteiger partial charge in [0, 0.05) is 12.1 Å². The quantitative estimate of drug-likeness (QED) is 0.145. The topological polar surface area (TPSA) is 148 Å². The normalized spacial score (nSPS) is 14.3. The van der Waals surface area contributed by atoms with Crippen molar-refractivity contribution in [2.24, 2.45) is 0 Å². The summed E-state index contributed by atoms with van der Waals surface area (Å²) in [6, 6.07) is 16.4. The van der Waals surface area contributed by atoms with Gasteiger partial charge in [0.1, 0.15) is 12.2 Å².